The molecule has 100 valence electrons. The summed E-state index contributed by atoms with van der Waals surface area (Å²) in [5.41, 5.74) is 7.63. The molecule has 1 saturated carbocycles. The second kappa shape index (κ2) is 5.60. The van der Waals surface area contributed by atoms with Crippen molar-refractivity contribution >= 4 is 12.4 Å². The highest BCUT2D eigenvalue weighted by atomic mass is 35.5. The molecule has 0 aromatic heterocycles. The van der Waals surface area contributed by atoms with Crippen molar-refractivity contribution in [2.45, 2.75) is 31.8 Å². The van der Waals surface area contributed by atoms with Crippen molar-refractivity contribution in [3.8, 4) is 0 Å². The molecule has 2 nitrogen and oxygen atoms in total. The van der Waals surface area contributed by atoms with Gasteiger partial charge >= 0.3 is 0 Å². The van der Waals surface area contributed by atoms with Gasteiger partial charge in [0.05, 0.1) is 0 Å². The number of hydrogen-bond acceptors (Lipinski definition) is 2. The van der Waals surface area contributed by atoms with Crippen molar-refractivity contribution < 1.29 is 0 Å². The molecule has 2 N–H and O–H groups in total. The minimum Gasteiger partial charge on any atom is -0.327 e. The molecular weight excluding hydrogens is 244 g/mol. The molecule has 4 atom stereocenters. The fraction of sp³-hybridized carbons (Fsp3) is 0.600. The van der Waals surface area contributed by atoms with Crippen LogP contribution in [0.25, 0.3) is 0 Å². The summed E-state index contributed by atoms with van der Waals surface area (Å²) in [6, 6.07) is 11.8. The van der Waals surface area contributed by atoms with Crippen LogP contribution in [0.1, 0.15) is 31.4 Å². The first kappa shape index (κ1) is 13.9. The summed E-state index contributed by atoms with van der Waals surface area (Å²) in [6.45, 7) is 4.76. The van der Waals surface area contributed by atoms with Crippen molar-refractivity contribution in [3.63, 3.8) is 0 Å². The average Bonchev–Trinajstić information content (AvgIpc) is 2.92. The van der Waals surface area contributed by atoms with Gasteiger partial charge in [-0.1, -0.05) is 30.3 Å². The molecule has 3 heteroatoms. The van der Waals surface area contributed by atoms with Crippen LogP contribution in [0.4, 0.5) is 0 Å². The molecule has 0 amide bonds. The highest BCUT2D eigenvalue weighted by Crippen LogP contribution is 2.40. The lowest BCUT2D eigenvalue weighted by molar-refractivity contribution is 0.239. The van der Waals surface area contributed by atoms with Crippen LogP contribution in [0.15, 0.2) is 30.3 Å². The summed E-state index contributed by atoms with van der Waals surface area (Å²) in [5, 5.41) is 0. The number of fused-ring (bicyclic) bond motifs is 1. The molecule has 1 aromatic rings. The van der Waals surface area contributed by atoms with E-state index in [9.17, 15) is 0 Å². The summed E-state index contributed by atoms with van der Waals surface area (Å²) >= 11 is 0. The van der Waals surface area contributed by atoms with Crippen molar-refractivity contribution in [1.29, 1.82) is 0 Å². The standard InChI is InChI=1S/C15H22N2.ClH/c1-11(12-5-3-2-4-6-12)17-9-13-7-8-15(16)14(13)10-17;/h2-6,11,13-15H,7-10,16H2,1H3;1H. The summed E-state index contributed by atoms with van der Waals surface area (Å²) < 4.78 is 0. The second-order valence-electron chi connectivity index (χ2n) is 5.71. The fourth-order valence-corrected chi connectivity index (χ4v) is 3.60. The molecule has 3 rings (SSSR count). The summed E-state index contributed by atoms with van der Waals surface area (Å²) in [4.78, 5) is 2.61. The summed E-state index contributed by atoms with van der Waals surface area (Å²) in [6.07, 6.45) is 2.58. The molecule has 1 heterocycles. The molecule has 1 saturated heterocycles. The van der Waals surface area contributed by atoms with Crippen LogP contribution in [0.3, 0.4) is 0 Å². The zero-order valence-corrected chi connectivity index (χ0v) is 11.8. The maximum atomic E-state index is 6.19. The van der Waals surface area contributed by atoms with Gasteiger partial charge in [-0.05, 0) is 37.2 Å². The molecule has 1 aliphatic heterocycles. The highest BCUT2D eigenvalue weighted by Gasteiger charge is 2.42. The molecule has 18 heavy (non-hydrogen) atoms. The van der Waals surface area contributed by atoms with Gasteiger partial charge in [-0.25, -0.2) is 0 Å². The molecule has 4 unspecified atom stereocenters. The normalized spacial score (nSPS) is 32.9. The third-order valence-corrected chi connectivity index (χ3v) is 4.77. The molecule has 0 spiro atoms. The highest BCUT2D eigenvalue weighted by molar-refractivity contribution is 5.85. The molecule has 0 radical (unpaired) electrons. The number of halogens is 1. The van der Waals surface area contributed by atoms with Gasteiger partial charge in [-0.3, -0.25) is 4.90 Å². The predicted octanol–water partition coefficient (Wildman–Crippen LogP) is 2.84. The van der Waals surface area contributed by atoms with Gasteiger partial charge in [0, 0.05) is 25.2 Å². The van der Waals surface area contributed by atoms with Crippen molar-refractivity contribution in [2.24, 2.45) is 17.6 Å². The minimum absolute atomic E-state index is 0. The first-order valence-corrected chi connectivity index (χ1v) is 6.80. The van der Waals surface area contributed by atoms with E-state index in [1.54, 1.807) is 0 Å². The topological polar surface area (TPSA) is 29.3 Å². The third kappa shape index (κ3) is 2.42. The first-order chi connectivity index (χ1) is 8.25. The van der Waals surface area contributed by atoms with Crippen LogP contribution in [0.5, 0.6) is 0 Å². The quantitative estimate of drug-likeness (QED) is 0.892. The van der Waals surface area contributed by atoms with E-state index in [0.29, 0.717) is 12.1 Å². The Kier molecular flexibility index (Phi) is 4.31. The van der Waals surface area contributed by atoms with Gasteiger partial charge in [0.15, 0.2) is 0 Å². The average molecular weight is 267 g/mol. The van der Waals surface area contributed by atoms with E-state index in [1.165, 1.54) is 31.5 Å². The smallest absolute Gasteiger partial charge is 0.0320 e. The molecule has 0 bridgehead atoms. The summed E-state index contributed by atoms with van der Waals surface area (Å²) in [7, 11) is 0. The summed E-state index contributed by atoms with van der Waals surface area (Å²) in [5.74, 6) is 1.61. The zero-order valence-electron chi connectivity index (χ0n) is 11.0. The lowest BCUT2D eigenvalue weighted by Crippen LogP contribution is -2.31. The second-order valence-corrected chi connectivity index (χ2v) is 5.71. The van der Waals surface area contributed by atoms with Gasteiger partial charge in [-0.2, -0.15) is 0 Å². The zero-order chi connectivity index (χ0) is 11.8. The fourth-order valence-electron chi connectivity index (χ4n) is 3.60. The number of hydrogen-bond donors (Lipinski definition) is 1. The predicted molar refractivity (Wildman–Crippen MR) is 77.9 cm³/mol. The van der Waals surface area contributed by atoms with Crippen LogP contribution in [0, 0.1) is 11.8 Å². The van der Waals surface area contributed by atoms with Crippen LogP contribution < -0.4 is 5.73 Å². The largest absolute Gasteiger partial charge is 0.327 e. The number of rotatable bonds is 2. The van der Waals surface area contributed by atoms with Gasteiger partial charge in [0.25, 0.3) is 0 Å². The maximum absolute atomic E-state index is 6.19. The lowest BCUT2D eigenvalue weighted by Gasteiger charge is -2.26. The Labute approximate surface area is 116 Å². The first-order valence-electron chi connectivity index (χ1n) is 6.80. The van der Waals surface area contributed by atoms with E-state index in [-0.39, 0.29) is 12.4 Å². The Morgan fingerprint density at radius 2 is 1.89 bits per heavy atom. The van der Waals surface area contributed by atoms with E-state index in [2.05, 4.69) is 42.2 Å². The van der Waals surface area contributed by atoms with E-state index in [4.69, 9.17) is 5.73 Å². The number of nitrogens with two attached hydrogens (primary N) is 1. The molecule has 2 aliphatic rings. The Morgan fingerprint density at radius 3 is 2.56 bits per heavy atom. The van der Waals surface area contributed by atoms with Gasteiger partial charge in [-0.15, -0.1) is 12.4 Å². The number of likely N-dealkylation sites (tertiary alicyclic amines) is 1. The molecule has 1 aromatic carbocycles. The van der Waals surface area contributed by atoms with Gasteiger partial charge < -0.3 is 5.73 Å². The van der Waals surface area contributed by atoms with Crippen molar-refractivity contribution in [1.82, 2.24) is 4.90 Å². The van der Waals surface area contributed by atoms with Gasteiger partial charge in [0.1, 0.15) is 0 Å². The van der Waals surface area contributed by atoms with E-state index in [0.717, 1.165) is 11.8 Å². The van der Waals surface area contributed by atoms with Crippen molar-refractivity contribution in [2.75, 3.05) is 13.1 Å². The monoisotopic (exact) mass is 266 g/mol. The molecular formula is C15H23ClN2. The SMILES string of the molecule is CC(c1ccccc1)N1CC2CCC(N)C2C1.Cl. The van der Waals surface area contributed by atoms with Crippen LogP contribution >= 0.6 is 12.4 Å². The van der Waals surface area contributed by atoms with E-state index >= 15 is 0 Å². The van der Waals surface area contributed by atoms with Crippen LogP contribution in [0.2, 0.25) is 0 Å². The van der Waals surface area contributed by atoms with E-state index in [1.807, 2.05) is 0 Å². The van der Waals surface area contributed by atoms with Crippen LogP contribution in [-0.4, -0.2) is 24.0 Å². The Morgan fingerprint density at radius 1 is 1.17 bits per heavy atom. The Balaban J connectivity index is 0.00000120. The third-order valence-electron chi connectivity index (χ3n) is 4.77. The molecule has 2 fully saturated rings. The van der Waals surface area contributed by atoms with E-state index < -0.39 is 0 Å². The number of benzene rings is 1. The minimum atomic E-state index is 0. The van der Waals surface area contributed by atoms with Gasteiger partial charge in [0.2, 0.25) is 0 Å². The lowest BCUT2D eigenvalue weighted by atomic mass is 9.98. The maximum Gasteiger partial charge on any atom is 0.0320 e. The van der Waals surface area contributed by atoms with Crippen LogP contribution in [-0.2, 0) is 0 Å². The Hall–Kier alpha value is -0.570. The molecule has 1 aliphatic carbocycles. The Bertz CT molecular complexity index is 381. The van der Waals surface area contributed by atoms with Crippen molar-refractivity contribution in [3.05, 3.63) is 35.9 Å². The number of nitrogens with zero attached hydrogens (tertiary/aromatic N) is 1.